The van der Waals surface area contributed by atoms with Crippen LogP contribution in [0.3, 0.4) is 0 Å². The Morgan fingerprint density at radius 2 is 1.11 bits per heavy atom. The summed E-state index contributed by atoms with van der Waals surface area (Å²) in [4.78, 5) is 13.0. The van der Waals surface area contributed by atoms with Crippen molar-refractivity contribution >= 4 is 16.9 Å². The van der Waals surface area contributed by atoms with E-state index in [1.165, 1.54) is 11.8 Å². The Balaban J connectivity index is 2.12. The van der Waals surface area contributed by atoms with E-state index in [-0.39, 0.29) is 5.12 Å². The Kier molecular flexibility index (Phi) is 6.89. The van der Waals surface area contributed by atoms with Crippen molar-refractivity contribution in [3.8, 4) is 0 Å². The first kappa shape index (κ1) is 19.4. The molecule has 0 aliphatic carbocycles. The number of rotatable bonds is 8. The number of unbranched alkanes of at least 4 members (excludes halogenated alkanes) is 2. The number of carbonyl (C=O) groups is 1. The van der Waals surface area contributed by atoms with Gasteiger partial charge < -0.3 is 0 Å². The van der Waals surface area contributed by atoms with Gasteiger partial charge in [-0.2, -0.15) is 0 Å². The fourth-order valence-electron chi connectivity index (χ4n) is 3.44. The van der Waals surface area contributed by atoms with Gasteiger partial charge in [0.25, 0.3) is 0 Å². The van der Waals surface area contributed by atoms with Gasteiger partial charge in [-0.25, -0.2) is 0 Å². The molecule has 0 saturated carbocycles. The fraction of sp³-hybridized carbons (Fsp3) is 0.240. The summed E-state index contributed by atoms with van der Waals surface area (Å²) >= 11 is 1.46. The van der Waals surface area contributed by atoms with Gasteiger partial charge in [-0.3, -0.25) is 4.79 Å². The van der Waals surface area contributed by atoms with E-state index >= 15 is 0 Å². The maximum absolute atomic E-state index is 13.0. The molecule has 0 aromatic heterocycles. The summed E-state index contributed by atoms with van der Waals surface area (Å²) in [7, 11) is 0. The predicted octanol–water partition coefficient (Wildman–Crippen LogP) is 6.82. The Labute approximate surface area is 166 Å². The number of hydrogen-bond acceptors (Lipinski definition) is 2. The molecular formula is C25H26OS. The third-order valence-electron chi connectivity index (χ3n) is 4.79. The topological polar surface area (TPSA) is 17.1 Å². The molecule has 0 saturated heterocycles. The highest BCUT2D eigenvalue weighted by Gasteiger charge is 2.39. The van der Waals surface area contributed by atoms with E-state index in [1.54, 1.807) is 0 Å². The van der Waals surface area contributed by atoms with Crippen LogP contribution in [0.4, 0.5) is 0 Å². The number of carbonyl (C=O) groups excluding carboxylic acids is 1. The molecule has 1 nitrogen and oxygen atoms in total. The van der Waals surface area contributed by atoms with Gasteiger partial charge in [-0.1, -0.05) is 123 Å². The average Bonchev–Trinajstić information content (AvgIpc) is 2.74. The highest BCUT2D eigenvalue weighted by Crippen LogP contribution is 2.49. The van der Waals surface area contributed by atoms with Crippen LogP contribution in [0.15, 0.2) is 91.0 Å². The maximum Gasteiger partial charge on any atom is 0.190 e. The second-order valence-corrected chi connectivity index (χ2v) is 7.98. The van der Waals surface area contributed by atoms with Crippen molar-refractivity contribution in [2.24, 2.45) is 0 Å². The lowest BCUT2D eigenvalue weighted by atomic mass is 9.84. The van der Waals surface area contributed by atoms with Gasteiger partial charge in [-0.05, 0) is 23.1 Å². The second kappa shape index (κ2) is 9.57. The van der Waals surface area contributed by atoms with Crippen molar-refractivity contribution in [1.82, 2.24) is 0 Å². The van der Waals surface area contributed by atoms with Crippen molar-refractivity contribution < 1.29 is 4.79 Å². The molecule has 0 spiro atoms. The smallest absolute Gasteiger partial charge is 0.190 e. The molecule has 27 heavy (non-hydrogen) atoms. The van der Waals surface area contributed by atoms with Crippen LogP contribution in [-0.2, 0) is 9.54 Å². The summed E-state index contributed by atoms with van der Waals surface area (Å²) in [6.45, 7) is 2.17. The van der Waals surface area contributed by atoms with Gasteiger partial charge in [0.15, 0.2) is 5.12 Å². The molecule has 0 bridgehead atoms. The molecule has 3 rings (SSSR count). The molecule has 0 aliphatic heterocycles. The van der Waals surface area contributed by atoms with E-state index in [2.05, 4.69) is 79.7 Å². The Hall–Kier alpha value is -2.32. The molecule has 0 fully saturated rings. The molecule has 0 unspecified atom stereocenters. The van der Waals surface area contributed by atoms with E-state index < -0.39 is 4.75 Å². The molecule has 3 aromatic carbocycles. The summed E-state index contributed by atoms with van der Waals surface area (Å²) in [6.07, 6.45) is 3.80. The van der Waals surface area contributed by atoms with Gasteiger partial charge in [0.1, 0.15) is 0 Å². The van der Waals surface area contributed by atoms with Crippen molar-refractivity contribution in [3.05, 3.63) is 108 Å². The molecule has 0 atom stereocenters. The molecule has 138 valence electrons. The van der Waals surface area contributed by atoms with Gasteiger partial charge in [0.05, 0.1) is 4.75 Å². The highest BCUT2D eigenvalue weighted by molar-refractivity contribution is 8.14. The first-order valence-corrected chi connectivity index (χ1v) is 10.5. The number of benzene rings is 3. The molecule has 0 N–H and O–H groups in total. The van der Waals surface area contributed by atoms with E-state index in [9.17, 15) is 4.79 Å². The van der Waals surface area contributed by atoms with Gasteiger partial charge in [0.2, 0.25) is 0 Å². The number of hydrogen-bond donors (Lipinski definition) is 0. The summed E-state index contributed by atoms with van der Waals surface area (Å²) in [5.74, 6) is 0. The Morgan fingerprint density at radius 3 is 1.48 bits per heavy atom. The van der Waals surface area contributed by atoms with Crippen LogP contribution in [0.1, 0.15) is 49.3 Å². The van der Waals surface area contributed by atoms with Gasteiger partial charge in [-0.15, -0.1) is 0 Å². The zero-order chi connectivity index (χ0) is 19.0. The minimum Gasteiger partial charge on any atom is -0.287 e. The minimum atomic E-state index is -0.535. The molecule has 0 amide bonds. The molecular weight excluding hydrogens is 348 g/mol. The lowest BCUT2D eigenvalue weighted by Crippen LogP contribution is -2.27. The SMILES string of the molecule is CCCCCC(=O)SC(c1ccccc1)(c1ccccc1)c1ccccc1. The van der Waals surface area contributed by atoms with Gasteiger partial charge in [0, 0.05) is 6.42 Å². The first-order valence-electron chi connectivity index (χ1n) is 9.66. The van der Waals surface area contributed by atoms with Crippen LogP contribution < -0.4 is 0 Å². The van der Waals surface area contributed by atoms with E-state index in [1.807, 2.05) is 18.2 Å². The summed E-state index contributed by atoms with van der Waals surface area (Å²) in [5.41, 5.74) is 3.41. The van der Waals surface area contributed by atoms with Crippen LogP contribution in [0, 0.1) is 0 Å². The van der Waals surface area contributed by atoms with Crippen LogP contribution >= 0.6 is 11.8 Å². The minimum absolute atomic E-state index is 0.250. The van der Waals surface area contributed by atoms with Crippen molar-refractivity contribution in [2.45, 2.75) is 37.4 Å². The van der Waals surface area contributed by atoms with E-state index in [0.717, 1.165) is 36.0 Å². The lowest BCUT2D eigenvalue weighted by molar-refractivity contribution is -0.111. The Morgan fingerprint density at radius 1 is 0.704 bits per heavy atom. The van der Waals surface area contributed by atoms with Crippen LogP contribution in [0.5, 0.6) is 0 Å². The van der Waals surface area contributed by atoms with Crippen LogP contribution in [0.2, 0.25) is 0 Å². The second-order valence-electron chi connectivity index (χ2n) is 6.71. The predicted molar refractivity (Wildman–Crippen MR) is 116 cm³/mol. The summed E-state index contributed by atoms with van der Waals surface area (Å²) < 4.78 is -0.535. The monoisotopic (exact) mass is 374 g/mol. The van der Waals surface area contributed by atoms with E-state index in [0.29, 0.717) is 6.42 Å². The zero-order valence-electron chi connectivity index (χ0n) is 15.8. The van der Waals surface area contributed by atoms with Crippen molar-refractivity contribution in [3.63, 3.8) is 0 Å². The lowest BCUT2D eigenvalue weighted by Gasteiger charge is -2.34. The average molecular weight is 375 g/mol. The molecule has 0 aliphatic rings. The summed E-state index contributed by atoms with van der Waals surface area (Å²) in [5, 5.41) is 0.250. The van der Waals surface area contributed by atoms with E-state index in [4.69, 9.17) is 0 Å². The standard InChI is InChI=1S/C25H26OS/c1-2-3-7-20-24(26)27-25(21-14-8-4-9-15-21,22-16-10-5-11-17-22)23-18-12-6-13-19-23/h4-6,8-19H,2-3,7,20H2,1H3. The summed E-state index contributed by atoms with van der Waals surface area (Å²) in [6, 6.07) is 31.2. The fourth-order valence-corrected chi connectivity index (χ4v) is 4.79. The molecule has 0 radical (unpaired) electrons. The zero-order valence-corrected chi connectivity index (χ0v) is 16.6. The van der Waals surface area contributed by atoms with Crippen LogP contribution in [0.25, 0.3) is 0 Å². The molecule has 0 heterocycles. The van der Waals surface area contributed by atoms with Crippen molar-refractivity contribution in [2.75, 3.05) is 0 Å². The molecule has 3 aromatic rings. The normalized spacial score (nSPS) is 11.3. The molecule has 2 heteroatoms. The maximum atomic E-state index is 13.0. The number of thioether (sulfide) groups is 1. The Bertz CT molecular complexity index is 731. The van der Waals surface area contributed by atoms with Crippen LogP contribution in [-0.4, -0.2) is 5.12 Å². The van der Waals surface area contributed by atoms with Crippen molar-refractivity contribution in [1.29, 1.82) is 0 Å². The third-order valence-corrected chi connectivity index (χ3v) is 6.24. The quantitative estimate of drug-likeness (QED) is 0.318. The third kappa shape index (κ3) is 4.51. The van der Waals surface area contributed by atoms with Gasteiger partial charge >= 0.3 is 0 Å². The largest absolute Gasteiger partial charge is 0.287 e. The highest BCUT2D eigenvalue weighted by atomic mass is 32.2. The first-order chi connectivity index (χ1) is 13.3.